The van der Waals surface area contributed by atoms with Crippen molar-refractivity contribution in [3.63, 3.8) is 0 Å². The second-order valence-corrected chi connectivity index (χ2v) is 8.10. The first-order valence-corrected chi connectivity index (χ1v) is 10.4. The summed E-state index contributed by atoms with van der Waals surface area (Å²) in [6, 6.07) is 12.1. The van der Waals surface area contributed by atoms with Crippen LogP contribution in [0.4, 0.5) is 10.5 Å². The molecule has 0 radical (unpaired) electrons. The van der Waals surface area contributed by atoms with Gasteiger partial charge in [0.2, 0.25) is 0 Å². The number of nitrogens with one attached hydrogen (secondary N) is 1. The summed E-state index contributed by atoms with van der Waals surface area (Å²) in [5, 5.41) is 6.97. The number of aromatic nitrogens is 2. The number of fused-ring (bicyclic) bond motifs is 3. The molecule has 0 saturated heterocycles. The number of nitrogens with zero attached hydrogens (tertiary/aromatic N) is 2. The van der Waals surface area contributed by atoms with Crippen molar-refractivity contribution < 1.29 is 14.3 Å². The highest BCUT2D eigenvalue weighted by Gasteiger charge is 2.48. The monoisotopic (exact) mass is 403 g/mol. The molecule has 1 saturated carbocycles. The van der Waals surface area contributed by atoms with Crippen LogP contribution >= 0.6 is 0 Å². The van der Waals surface area contributed by atoms with E-state index in [1.807, 2.05) is 43.6 Å². The summed E-state index contributed by atoms with van der Waals surface area (Å²) in [5.74, 6) is 1.85. The van der Waals surface area contributed by atoms with Crippen molar-refractivity contribution in [3.8, 4) is 16.9 Å². The van der Waals surface area contributed by atoms with Gasteiger partial charge in [0.05, 0.1) is 11.9 Å². The third-order valence-electron chi connectivity index (χ3n) is 6.24. The second-order valence-electron chi connectivity index (χ2n) is 8.10. The fraction of sp³-hybridized carbons (Fsp3) is 0.333. The molecular weight excluding hydrogens is 378 g/mol. The van der Waals surface area contributed by atoms with E-state index < -0.39 is 0 Å². The van der Waals surface area contributed by atoms with Gasteiger partial charge in [-0.1, -0.05) is 24.3 Å². The van der Waals surface area contributed by atoms with Crippen molar-refractivity contribution in [2.75, 3.05) is 24.7 Å². The molecule has 2 heterocycles. The van der Waals surface area contributed by atoms with Crippen LogP contribution in [0.5, 0.6) is 5.75 Å². The lowest BCUT2D eigenvalue weighted by atomic mass is 9.93. The molecule has 1 fully saturated rings. The van der Waals surface area contributed by atoms with E-state index in [0.717, 1.165) is 34.5 Å². The summed E-state index contributed by atoms with van der Waals surface area (Å²) in [4.78, 5) is 14.7. The van der Waals surface area contributed by atoms with Gasteiger partial charge in [0.25, 0.3) is 0 Å². The van der Waals surface area contributed by atoms with Gasteiger partial charge in [-0.05, 0) is 66.5 Å². The van der Waals surface area contributed by atoms with E-state index >= 15 is 0 Å². The van der Waals surface area contributed by atoms with Gasteiger partial charge in [0.1, 0.15) is 19.0 Å². The Hall–Kier alpha value is -3.28. The molecule has 30 heavy (non-hydrogen) atoms. The summed E-state index contributed by atoms with van der Waals surface area (Å²) in [6.45, 7) is 5.35. The van der Waals surface area contributed by atoms with E-state index in [1.54, 1.807) is 4.90 Å². The Balaban J connectivity index is 1.28. The van der Waals surface area contributed by atoms with Crippen LogP contribution in [0.15, 0.2) is 48.8 Å². The van der Waals surface area contributed by atoms with Gasteiger partial charge in [-0.25, -0.2) is 4.79 Å². The van der Waals surface area contributed by atoms with Crippen molar-refractivity contribution >= 4 is 11.8 Å². The summed E-state index contributed by atoms with van der Waals surface area (Å²) >= 11 is 0. The van der Waals surface area contributed by atoms with Crippen LogP contribution in [0.25, 0.3) is 11.1 Å². The Labute approximate surface area is 175 Å². The fourth-order valence-corrected chi connectivity index (χ4v) is 4.38. The number of anilines is 1. The lowest BCUT2D eigenvalue weighted by molar-refractivity contribution is 0.130. The predicted molar refractivity (Wildman–Crippen MR) is 115 cm³/mol. The SMILES string of the molecule is Cc1cccc(OCCOC(=O)N2C[C@@H]3C[C@@H]3c3c(-c4cn[nH]c4)cccc32)c1C. The number of aryl methyl sites for hydroxylation is 1. The Morgan fingerprint density at radius 1 is 1.20 bits per heavy atom. The van der Waals surface area contributed by atoms with Crippen LogP contribution < -0.4 is 9.64 Å². The first-order valence-electron chi connectivity index (χ1n) is 10.4. The van der Waals surface area contributed by atoms with Crippen LogP contribution in [0.1, 0.15) is 29.0 Å². The number of carbonyl (C=O) groups is 1. The molecule has 6 nitrogen and oxygen atoms in total. The van der Waals surface area contributed by atoms with Gasteiger partial charge < -0.3 is 9.47 Å². The summed E-state index contributed by atoms with van der Waals surface area (Å²) < 4.78 is 11.4. The lowest BCUT2D eigenvalue weighted by Crippen LogP contribution is -2.37. The minimum absolute atomic E-state index is 0.216. The van der Waals surface area contributed by atoms with E-state index in [4.69, 9.17) is 9.47 Å². The third kappa shape index (κ3) is 3.32. The third-order valence-corrected chi connectivity index (χ3v) is 6.24. The number of aromatic amines is 1. The molecule has 1 amide bonds. The number of hydrogen-bond donors (Lipinski definition) is 1. The van der Waals surface area contributed by atoms with Gasteiger partial charge in [-0.2, -0.15) is 5.10 Å². The van der Waals surface area contributed by atoms with Crippen LogP contribution in [0.2, 0.25) is 0 Å². The molecule has 1 N–H and O–H groups in total. The molecule has 2 atom stereocenters. The first kappa shape index (κ1) is 18.7. The topological polar surface area (TPSA) is 67.5 Å². The minimum Gasteiger partial charge on any atom is -0.490 e. The van der Waals surface area contributed by atoms with Crippen molar-refractivity contribution in [1.82, 2.24) is 10.2 Å². The molecule has 0 spiro atoms. The Bertz CT molecular complexity index is 1080. The molecule has 2 aromatic carbocycles. The number of H-pyrrole nitrogens is 1. The Kier molecular flexibility index (Phi) is 4.69. The maximum atomic E-state index is 12.9. The predicted octanol–water partition coefficient (Wildman–Crippen LogP) is 4.83. The largest absolute Gasteiger partial charge is 0.490 e. The average molecular weight is 403 g/mol. The highest BCUT2D eigenvalue weighted by Crippen LogP contribution is 2.57. The standard InChI is InChI=1S/C24H25N3O3/c1-15-5-3-8-22(16(15)2)29-9-10-30-24(28)27-14-17-11-20(17)23-19(6-4-7-21(23)27)18-12-25-26-13-18/h3-8,12-13,17,20H,9-11,14H2,1-2H3,(H,25,26)/t17-,20-/m0/s1. The molecule has 0 unspecified atom stereocenters. The highest BCUT2D eigenvalue weighted by molar-refractivity contribution is 5.92. The number of amides is 1. The van der Waals surface area contributed by atoms with Gasteiger partial charge >= 0.3 is 6.09 Å². The van der Waals surface area contributed by atoms with Crippen molar-refractivity contribution in [1.29, 1.82) is 0 Å². The second kappa shape index (κ2) is 7.52. The fourth-order valence-electron chi connectivity index (χ4n) is 4.38. The van der Waals surface area contributed by atoms with E-state index in [9.17, 15) is 4.79 Å². The summed E-state index contributed by atoms with van der Waals surface area (Å²) in [5.41, 5.74) is 6.67. The molecular formula is C24H25N3O3. The van der Waals surface area contributed by atoms with E-state index in [1.165, 1.54) is 11.1 Å². The summed E-state index contributed by atoms with van der Waals surface area (Å²) in [6.07, 6.45) is 4.53. The maximum Gasteiger partial charge on any atom is 0.414 e. The van der Waals surface area contributed by atoms with E-state index in [2.05, 4.69) is 29.3 Å². The molecule has 154 valence electrons. The highest BCUT2D eigenvalue weighted by atomic mass is 16.6. The zero-order chi connectivity index (χ0) is 20.7. The lowest BCUT2D eigenvalue weighted by Gasteiger charge is -2.29. The van der Waals surface area contributed by atoms with Gasteiger partial charge in [0, 0.05) is 18.3 Å². The molecule has 2 aliphatic rings. The zero-order valence-corrected chi connectivity index (χ0v) is 17.2. The quantitative estimate of drug-likeness (QED) is 0.620. The van der Waals surface area contributed by atoms with Crippen molar-refractivity contribution in [2.24, 2.45) is 5.92 Å². The minimum atomic E-state index is -0.310. The van der Waals surface area contributed by atoms with Crippen molar-refractivity contribution in [3.05, 3.63) is 65.5 Å². The Morgan fingerprint density at radius 3 is 2.90 bits per heavy atom. The molecule has 0 bridgehead atoms. The number of benzene rings is 2. The average Bonchev–Trinajstić information content (AvgIpc) is 3.34. The zero-order valence-electron chi connectivity index (χ0n) is 17.2. The van der Waals surface area contributed by atoms with E-state index in [0.29, 0.717) is 25.0 Å². The van der Waals surface area contributed by atoms with Gasteiger partial charge in [-0.15, -0.1) is 0 Å². The molecule has 3 aromatic rings. The maximum absolute atomic E-state index is 12.9. The van der Waals surface area contributed by atoms with Crippen molar-refractivity contribution in [2.45, 2.75) is 26.2 Å². The van der Waals surface area contributed by atoms with Gasteiger partial charge in [-0.3, -0.25) is 10.00 Å². The number of hydrogen-bond acceptors (Lipinski definition) is 4. The normalized spacial score (nSPS) is 19.1. The Morgan fingerprint density at radius 2 is 2.07 bits per heavy atom. The first-order chi connectivity index (χ1) is 14.6. The number of ether oxygens (including phenoxy) is 2. The molecule has 5 rings (SSSR count). The number of rotatable bonds is 5. The van der Waals surface area contributed by atoms with Crippen LogP contribution in [-0.2, 0) is 4.74 Å². The number of carbonyl (C=O) groups excluding carboxylic acids is 1. The molecule has 6 heteroatoms. The summed E-state index contributed by atoms with van der Waals surface area (Å²) in [7, 11) is 0. The van der Waals surface area contributed by atoms with Crippen LogP contribution in [-0.4, -0.2) is 36.0 Å². The van der Waals surface area contributed by atoms with Gasteiger partial charge in [0.15, 0.2) is 0 Å². The van der Waals surface area contributed by atoms with Crippen LogP contribution in [0.3, 0.4) is 0 Å². The molecule has 1 aliphatic heterocycles. The van der Waals surface area contributed by atoms with E-state index in [-0.39, 0.29) is 12.7 Å². The molecule has 1 aliphatic carbocycles. The smallest absolute Gasteiger partial charge is 0.414 e. The molecule has 1 aromatic heterocycles. The van der Waals surface area contributed by atoms with Crippen LogP contribution in [0, 0.1) is 19.8 Å².